The first-order chi connectivity index (χ1) is 9.82. The second-order valence-corrected chi connectivity index (χ2v) is 6.48. The first-order valence-corrected chi connectivity index (χ1v) is 7.43. The molecule has 0 saturated carbocycles. The number of hydrogen-bond acceptors (Lipinski definition) is 4. The third-order valence-electron chi connectivity index (χ3n) is 3.82. The molecule has 2 heterocycles. The van der Waals surface area contributed by atoms with Crippen LogP contribution >= 0.6 is 0 Å². The second-order valence-electron chi connectivity index (χ2n) is 6.48. The van der Waals surface area contributed by atoms with Crippen LogP contribution in [0.15, 0.2) is 12.1 Å². The van der Waals surface area contributed by atoms with Crippen molar-refractivity contribution >= 4 is 11.8 Å². The Morgan fingerprint density at radius 3 is 2.76 bits per heavy atom. The molecular formula is C16H24N2O3. The lowest BCUT2D eigenvalue weighted by Crippen LogP contribution is -2.45. The topological polar surface area (TPSA) is 62.7 Å². The van der Waals surface area contributed by atoms with Gasteiger partial charge in [-0.15, -0.1) is 0 Å². The number of hydrogen-bond donors (Lipinski definition) is 1. The van der Waals surface area contributed by atoms with Crippen LogP contribution in [0, 0.1) is 0 Å². The van der Waals surface area contributed by atoms with E-state index in [-0.39, 0.29) is 11.5 Å². The Hall–Kier alpha value is -1.62. The Kier molecular flexibility index (Phi) is 4.52. The van der Waals surface area contributed by atoms with Gasteiger partial charge in [0.15, 0.2) is 0 Å². The summed E-state index contributed by atoms with van der Waals surface area (Å²) in [7, 11) is 0. The molecule has 2 rings (SSSR count). The van der Waals surface area contributed by atoms with E-state index in [2.05, 4.69) is 11.8 Å². The van der Waals surface area contributed by atoms with Crippen LogP contribution in [0.3, 0.4) is 0 Å². The van der Waals surface area contributed by atoms with Crippen molar-refractivity contribution in [3.05, 3.63) is 23.4 Å². The Morgan fingerprint density at radius 2 is 2.19 bits per heavy atom. The van der Waals surface area contributed by atoms with Crippen LogP contribution in [-0.2, 0) is 10.2 Å². The lowest BCUT2D eigenvalue weighted by atomic mass is 9.90. The quantitative estimate of drug-likeness (QED) is 0.928. The number of ether oxygens (including phenoxy) is 1. The van der Waals surface area contributed by atoms with Gasteiger partial charge < -0.3 is 14.7 Å². The Morgan fingerprint density at radius 1 is 1.48 bits per heavy atom. The van der Waals surface area contributed by atoms with Crippen molar-refractivity contribution in [3.63, 3.8) is 0 Å². The smallest absolute Gasteiger partial charge is 0.335 e. The summed E-state index contributed by atoms with van der Waals surface area (Å²) in [5, 5.41) is 9.35. The van der Waals surface area contributed by atoms with Gasteiger partial charge >= 0.3 is 5.97 Å². The van der Waals surface area contributed by atoms with Gasteiger partial charge in [-0.3, -0.25) is 0 Å². The fraction of sp³-hybridized carbons (Fsp3) is 0.625. The lowest BCUT2D eigenvalue weighted by Gasteiger charge is -2.36. The van der Waals surface area contributed by atoms with E-state index >= 15 is 0 Å². The van der Waals surface area contributed by atoms with Gasteiger partial charge in [-0.25, -0.2) is 9.78 Å². The van der Waals surface area contributed by atoms with Crippen LogP contribution in [0.25, 0.3) is 0 Å². The van der Waals surface area contributed by atoms with Crippen LogP contribution in [0.1, 0.15) is 50.2 Å². The highest BCUT2D eigenvalue weighted by Crippen LogP contribution is 2.27. The fourth-order valence-corrected chi connectivity index (χ4v) is 2.47. The van der Waals surface area contributed by atoms with Crippen LogP contribution in [0.4, 0.5) is 5.82 Å². The molecule has 1 saturated heterocycles. The van der Waals surface area contributed by atoms with E-state index in [1.807, 2.05) is 20.8 Å². The van der Waals surface area contributed by atoms with E-state index in [1.165, 1.54) is 0 Å². The molecule has 1 aromatic rings. The monoisotopic (exact) mass is 292 g/mol. The van der Waals surface area contributed by atoms with Gasteiger partial charge in [0, 0.05) is 17.7 Å². The van der Waals surface area contributed by atoms with Crippen molar-refractivity contribution in [1.29, 1.82) is 0 Å². The third-order valence-corrected chi connectivity index (χ3v) is 3.82. The molecule has 21 heavy (non-hydrogen) atoms. The molecule has 0 aliphatic carbocycles. The van der Waals surface area contributed by atoms with Crippen LogP contribution in [-0.4, -0.2) is 41.9 Å². The molecular weight excluding hydrogens is 268 g/mol. The molecule has 5 heteroatoms. The van der Waals surface area contributed by atoms with Gasteiger partial charge in [-0.05, 0) is 18.6 Å². The largest absolute Gasteiger partial charge is 0.478 e. The molecule has 1 unspecified atom stereocenters. The zero-order valence-electron chi connectivity index (χ0n) is 13.2. The number of carboxylic acid groups (broad SMARTS) is 1. The Bertz CT molecular complexity index is 523. The predicted octanol–water partition coefficient (Wildman–Crippen LogP) is 2.69. The molecule has 0 spiro atoms. The SMILES string of the molecule is CCC1COCCN1c1cc(C(=O)O)cc(C(C)(C)C)n1. The summed E-state index contributed by atoms with van der Waals surface area (Å²) in [6, 6.07) is 3.60. The zero-order valence-corrected chi connectivity index (χ0v) is 13.2. The molecule has 0 amide bonds. The molecule has 0 bridgehead atoms. The second kappa shape index (κ2) is 6.02. The van der Waals surface area contributed by atoms with Crippen molar-refractivity contribution in [1.82, 2.24) is 4.98 Å². The third kappa shape index (κ3) is 3.53. The molecule has 116 valence electrons. The van der Waals surface area contributed by atoms with Crippen molar-refractivity contribution in [2.75, 3.05) is 24.7 Å². The summed E-state index contributed by atoms with van der Waals surface area (Å²) in [4.78, 5) is 18.3. The minimum atomic E-state index is -0.912. The number of morpholine rings is 1. The summed E-state index contributed by atoms with van der Waals surface area (Å²) >= 11 is 0. The molecule has 1 atom stereocenters. The van der Waals surface area contributed by atoms with Crippen molar-refractivity contribution < 1.29 is 14.6 Å². The first-order valence-electron chi connectivity index (χ1n) is 7.43. The maximum atomic E-state index is 11.4. The van der Waals surface area contributed by atoms with E-state index in [4.69, 9.17) is 9.72 Å². The molecule has 1 N–H and O–H groups in total. The predicted molar refractivity (Wildman–Crippen MR) is 82.1 cm³/mol. The number of anilines is 1. The lowest BCUT2D eigenvalue weighted by molar-refractivity contribution is 0.0696. The van der Waals surface area contributed by atoms with Gasteiger partial charge in [0.05, 0.1) is 24.8 Å². The van der Waals surface area contributed by atoms with E-state index in [1.54, 1.807) is 12.1 Å². The molecule has 0 radical (unpaired) electrons. The molecule has 1 aliphatic rings. The number of carbonyl (C=O) groups is 1. The van der Waals surface area contributed by atoms with Gasteiger partial charge in [-0.1, -0.05) is 27.7 Å². The van der Waals surface area contributed by atoms with E-state index in [9.17, 15) is 9.90 Å². The van der Waals surface area contributed by atoms with Gasteiger partial charge in [0.2, 0.25) is 0 Å². The fourth-order valence-electron chi connectivity index (χ4n) is 2.47. The minimum Gasteiger partial charge on any atom is -0.478 e. The maximum absolute atomic E-state index is 11.4. The molecule has 1 aromatic heterocycles. The van der Waals surface area contributed by atoms with Gasteiger partial charge in [0.1, 0.15) is 5.82 Å². The standard InChI is InChI=1S/C16H24N2O3/c1-5-12-10-21-7-6-18(12)14-9-11(15(19)20)8-13(17-14)16(2,3)4/h8-9,12H,5-7,10H2,1-4H3,(H,19,20). The highest BCUT2D eigenvalue weighted by molar-refractivity contribution is 5.88. The number of aromatic carboxylic acids is 1. The average molecular weight is 292 g/mol. The van der Waals surface area contributed by atoms with Crippen molar-refractivity contribution in [3.8, 4) is 0 Å². The molecule has 0 aromatic carbocycles. The summed E-state index contributed by atoms with van der Waals surface area (Å²) < 4.78 is 5.51. The molecule has 1 fully saturated rings. The summed E-state index contributed by atoms with van der Waals surface area (Å²) in [5.41, 5.74) is 0.916. The maximum Gasteiger partial charge on any atom is 0.335 e. The molecule has 1 aliphatic heterocycles. The number of nitrogens with zero attached hydrogens (tertiary/aromatic N) is 2. The Labute approximate surface area is 125 Å². The summed E-state index contributed by atoms with van der Waals surface area (Å²) in [6.45, 7) is 10.3. The normalized spacial score (nSPS) is 19.6. The first kappa shape index (κ1) is 15.8. The number of aromatic nitrogens is 1. The number of rotatable bonds is 3. The van der Waals surface area contributed by atoms with E-state index in [0.717, 1.165) is 24.5 Å². The zero-order chi connectivity index (χ0) is 15.6. The van der Waals surface area contributed by atoms with E-state index < -0.39 is 5.97 Å². The number of carboxylic acids is 1. The van der Waals surface area contributed by atoms with Crippen LogP contribution in [0.2, 0.25) is 0 Å². The number of pyridine rings is 1. The van der Waals surface area contributed by atoms with Gasteiger partial charge in [0.25, 0.3) is 0 Å². The van der Waals surface area contributed by atoms with Gasteiger partial charge in [-0.2, -0.15) is 0 Å². The highest BCUT2D eigenvalue weighted by atomic mass is 16.5. The van der Waals surface area contributed by atoms with Crippen LogP contribution < -0.4 is 4.90 Å². The minimum absolute atomic E-state index is 0.186. The van der Waals surface area contributed by atoms with Crippen LogP contribution in [0.5, 0.6) is 0 Å². The van der Waals surface area contributed by atoms with E-state index in [0.29, 0.717) is 18.8 Å². The van der Waals surface area contributed by atoms with Crippen molar-refractivity contribution in [2.45, 2.75) is 45.6 Å². The highest BCUT2D eigenvalue weighted by Gasteiger charge is 2.26. The Balaban J connectivity index is 2.46. The van der Waals surface area contributed by atoms with Crippen molar-refractivity contribution in [2.24, 2.45) is 0 Å². The average Bonchev–Trinajstić information content (AvgIpc) is 2.45. The molecule has 5 nitrogen and oxygen atoms in total. The summed E-state index contributed by atoms with van der Waals surface area (Å²) in [6.07, 6.45) is 0.948. The summed E-state index contributed by atoms with van der Waals surface area (Å²) in [5.74, 6) is -0.166.